The van der Waals surface area contributed by atoms with Crippen LogP contribution in [0.25, 0.3) is 0 Å². The Hall–Kier alpha value is -1.62. The van der Waals surface area contributed by atoms with Crippen LogP contribution in [-0.2, 0) is 11.3 Å². The molecule has 1 N–H and O–H groups in total. The van der Waals surface area contributed by atoms with Crippen molar-refractivity contribution < 1.29 is 9.66 Å². The number of nitro groups is 1. The van der Waals surface area contributed by atoms with Crippen LogP contribution in [0, 0.1) is 16.0 Å². The zero-order valence-corrected chi connectivity index (χ0v) is 9.81. The van der Waals surface area contributed by atoms with Crippen molar-refractivity contribution >= 4 is 11.4 Å². The van der Waals surface area contributed by atoms with Crippen molar-refractivity contribution in [1.82, 2.24) is 0 Å². The first kappa shape index (κ1) is 11.9. The molecule has 0 amide bonds. The van der Waals surface area contributed by atoms with Crippen molar-refractivity contribution in [3.8, 4) is 0 Å². The largest absolute Gasteiger partial charge is 0.383 e. The molecule has 0 unspecified atom stereocenters. The Labute approximate surface area is 99.9 Å². The van der Waals surface area contributed by atoms with Crippen LogP contribution in [0.5, 0.6) is 0 Å². The Morgan fingerprint density at radius 2 is 2.29 bits per heavy atom. The summed E-state index contributed by atoms with van der Waals surface area (Å²) in [6.07, 6.45) is 2.53. The molecular formula is C12H16N2O3. The van der Waals surface area contributed by atoms with Crippen molar-refractivity contribution in [2.45, 2.75) is 19.4 Å². The Bertz CT molecular complexity index is 416. The second-order valence-corrected chi connectivity index (χ2v) is 4.32. The molecule has 1 aliphatic carbocycles. The summed E-state index contributed by atoms with van der Waals surface area (Å²) in [5.41, 5.74) is 1.58. The predicted octanol–water partition coefficient (Wildman–Crippen LogP) is 2.56. The first-order chi connectivity index (χ1) is 8.20. The third-order valence-corrected chi connectivity index (χ3v) is 2.85. The average molecular weight is 236 g/mol. The predicted molar refractivity (Wildman–Crippen MR) is 65.0 cm³/mol. The minimum Gasteiger partial charge on any atom is -0.383 e. The maximum Gasteiger partial charge on any atom is 0.292 e. The van der Waals surface area contributed by atoms with Gasteiger partial charge in [0.05, 0.1) is 11.5 Å². The molecular weight excluding hydrogens is 220 g/mol. The lowest BCUT2D eigenvalue weighted by molar-refractivity contribution is -0.384. The number of hydrogen-bond acceptors (Lipinski definition) is 4. The standard InChI is InChI=1S/C12H16N2O3/c1-13-11-6-10(4-5-12(11)14(15)16)8-17-7-9-2-3-9/h4-6,9,13H,2-3,7-8H2,1H3. The molecule has 1 aromatic carbocycles. The maximum atomic E-state index is 10.7. The van der Waals surface area contributed by atoms with E-state index in [2.05, 4.69) is 5.32 Å². The number of benzene rings is 1. The van der Waals surface area contributed by atoms with E-state index in [4.69, 9.17) is 4.74 Å². The van der Waals surface area contributed by atoms with E-state index >= 15 is 0 Å². The molecule has 1 aromatic rings. The van der Waals surface area contributed by atoms with Gasteiger partial charge in [-0.25, -0.2) is 0 Å². The van der Waals surface area contributed by atoms with Crippen molar-refractivity contribution in [2.24, 2.45) is 5.92 Å². The van der Waals surface area contributed by atoms with Gasteiger partial charge in [0.25, 0.3) is 5.69 Å². The molecule has 17 heavy (non-hydrogen) atoms. The summed E-state index contributed by atoms with van der Waals surface area (Å²) in [5, 5.41) is 13.6. The van der Waals surface area contributed by atoms with Gasteiger partial charge in [0.1, 0.15) is 5.69 Å². The van der Waals surface area contributed by atoms with Gasteiger partial charge >= 0.3 is 0 Å². The van der Waals surface area contributed by atoms with Crippen LogP contribution >= 0.6 is 0 Å². The molecule has 1 saturated carbocycles. The van der Waals surface area contributed by atoms with E-state index in [9.17, 15) is 10.1 Å². The summed E-state index contributed by atoms with van der Waals surface area (Å²) in [7, 11) is 1.68. The first-order valence-corrected chi connectivity index (χ1v) is 5.73. The van der Waals surface area contributed by atoms with E-state index in [0.717, 1.165) is 18.1 Å². The highest BCUT2D eigenvalue weighted by atomic mass is 16.6. The van der Waals surface area contributed by atoms with Crippen LogP contribution in [0.1, 0.15) is 18.4 Å². The Balaban J connectivity index is 1.99. The summed E-state index contributed by atoms with van der Waals surface area (Å²) >= 11 is 0. The Morgan fingerprint density at radius 3 is 2.88 bits per heavy atom. The van der Waals surface area contributed by atoms with Crippen molar-refractivity contribution in [3.05, 3.63) is 33.9 Å². The summed E-state index contributed by atoms with van der Waals surface area (Å²) in [5.74, 6) is 0.733. The van der Waals surface area contributed by atoms with Gasteiger partial charge < -0.3 is 10.1 Å². The number of anilines is 1. The molecule has 0 aliphatic heterocycles. The summed E-state index contributed by atoms with van der Waals surface area (Å²) in [4.78, 5) is 10.3. The lowest BCUT2D eigenvalue weighted by Crippen LogP contribution is -2.00. The lowest BCUT2D eigenvalue weighted by atomic mass is 10.2. The van der Waals surface area contributed by atoms with Crippen LogP contribution in [-0.4, -0.2) is 18.6 Å². The zero-order valence-electron chi connectivity index (χ0n) is 9.81. The third-order valence-electron chi connectivity index (χ3n) is 2.85. The molecule has 0 saturated heterocycles. The van der Waals surface area contributed by atoms with Gasteiger partial charge in [-0.2, -0.15) is 0 Å². The minimum absolute atomic E-state index is 0.0958. The van der Waals surface area contributed by atoms with Crippen LogP contribution in [0.15, 0.2) is 18.2 Å². The van der Waals surface area contributed by atoms with Crippen LogP contribution in [0.4, 0.5) is 11.4 Å². The molecule has 0 atom stereocenters. The second-order valence-electron chi connectivity index (χ2n) is 4.32. The highest BCUT2D eigenvalue weighted by Gasteiger charge is 2.21. The molecule has 2 rings (SSSR count). The fourth-order valence-corrected chi connectivity index (χ4v) is 1.66. The van der Waals surface area contributed by atoms with E-state index in [1.165, 1.54) is 18.9 Å². The number of nitro benzene ring substituents is 1. The van der Waals surface area contributed by atoms with Gasteiger partial charge in [0.15, 0.2) is 0 Å². The highest BCUT2D eigenvalue weighted by molar-refractivity contribution is 5.62. The van der Waals surface area contributed by atoms with Crippen molar-refractivity contribution in [3.63, 3.8) is 0 Å². The normalized spacial score (nSPS) is 14.6. The van der Waals surface area contributed by atoms with Crippen molar-refractivity contribution in [1.29, 1.82) is 0 Å². The minimum atomic E-state index is -0.388. The second kappa shape index (κ2) is 5.14. The number of nitrogens with one attached hydrogen (secondary N) is 1. The van der Waals surface area contributed by atoms with E-state index in [-0.39, 0.29) is 10.6 Å². The monoisotopic (exact) mass is 236 g/mol. The number of hydrogen-bond donors (Lipinski definition) is 1. The van der Waals surface area contributed by atoms with E-state index in [1.807, 2.05) is 0 Å². The molecule has 0 spiro atoms. The SMILES string of the molecule is CNc1cc(COCC2CC2)ccc1[N+](=O)[O-]. The average Bonchev–Trinajstić information content (AvgIpc) is 3.12. The van der Waals surface area contributed by atoms with E-state index in [1.54, 1.807) is 19.2 Å². The van der Waals surface area contributed by atoms with Gasteiger partial charge in [-0.15, -0.1) is 0 Å². The van der Waals surface area contributed by atoms with Gasteiger partial charge in [-0.3, -0.25) is 10.1 Å². The first-order valence-electron chi connectivity index (χ1n) is 5.73. The van der Waals surface area contributed by atoms with E-state index in [0.29, 0.717) is 12.3 Å². The highest BCUT2D eigenvalue weighted by Crippen LogP contribution is 2.29. The molecule has 92 valence electrons. The third kappa shape index (κ3) is 3.17. The fraction of sp³-hybridized carbons (Fsp3) is 0.500. The summed E-state index contributed by atoms with van der Waals surface area (Å²) in [6.45, 7) is 1.31. The maximum absolute atomic E-state index is 10.7. The molecule has 0 bridgehead atoms. The molecule has 0 aromatic heterocycles. The number of rotatable bonds is 6. The summed E-state index contributed by atoms with van der Waals surface area (Å²) < 4.78 is 5.55. The zero-order chi connectivity index (χ0) is 12.3. The van der Waals surface area contributed by atoms with Crippen molar-refractivity contribution in [2.75, 3.05) is 19.0 Å². The van der Waals surface area contributed by atoms with Gasteiger partial charge in [0, 0.05) is 19.7 Å². The molecule has 0 radical (unpaired) electrons. The number of ether oxygens (including phenoxy) is 1. The topological polar surface area (TPSA) is 64.4 Å². The van der Waals surface area contributed by atoms with E-state index < -0.39 is 0 Å². The fourth-order valence-electron chi connectivity index (χ4n) is 1.66. The van der Waals surface area contributed by atoms with Crippen LogP contribution in [0.2, 0.25) is 0 Å². The van der Waals surface area contributed by atoms with Gasteiger partial charge in [0.2, 0.25) is 0 Å². The molecule has 0 heterocycles. The summed E-state index contributed by atoms with van der Waals surface area (Å²) in [6, 6.07) is 5.03. The molecule has 1 fully saturated rings. The van der Waals surface area contributed by atoms with Crippen LogP contribution in [0.3, 0.4) is 0 Å². The molecule has 5 heteroatoms. The number of nitrogens with zero attached hydrogens (tertiary/aromatic N) is 1. The lowest BCUT2D eigenvalue weighted by Gasteiger charge is -2.06. The smallest absolute Gasteiger partial charge is 0.292 e. The quantitative estimate of drug-likeness (QED) is 0.609. The van der Waals surface area contributed by atoms with Gasteiger partial charge in [-0.1, -0.05) is 0 Å². The van der Waals surface area contributed by atoms with Crippen LogP contribution < -0.4 is 5.32 Å². The molecule has 5 nitrogen and oxygen atoms in total. The Kier molecular flexibility index (Phi) is 3.58. The molecule has 1 aliphatic rings. The van der Waals surface area contributed by atoms with Gasteiger partial charge in [-0.05, 0) is 36.5 Å². The Morgan fingerprint density at radius 1 is 1.53 bits per heavy atom.